The van der Waals surface area contributed by atoms with E-state index in [9.17, 15) is 4.79 Å². The lowest BCUT2D eigenvalue weighted by Gasteiger charge is -2.23. The van der Waals surface area contributed by atoms with Crippen molar-refractivity contribution in [2.75, 3.05) is 33.7 Å². The van der Waals surface area contributed by atoms with Crippen LogP contribution in [0.15, 0.2) is 4.99 Å². The molecule has 1 fully saturated rings. The van der Waals surface area contributed by atoms with Gasteiger partial charge < -0.3 is 15.5 Å². The summed E-state index contributed by atoms with van der Waals surface area (Å²) >= 11 is 1.75. The van der Waals surface area contributed by atoms with Crippen LogP contribution in [0.25, 0.3) is 0 Å². The third-order valence-electron chi connectivity index (χ3n) is 4.86. The molecule has 0 spiro atoms. The molecule has 1 aromatic rings. The fraction of sp³-hybridized carbons (Fsp3) is 0.737. The first-order chi connectivity index (χ1) is 12.5. The van der Waals surface area contributed by atoms with Crippen LogP contribution in [0.2, 0.25) is 0 Å². The van der Waals surface area contributed by atoms with E-state index in [1.54, 1.807) is 30.3 Å². The summed E-state index contributed by atoms with van der Waals surface area (Å²) in [7, 11) is 3.51. The number of likely N-dealkylation sites (N-methyl/N-ethyl adjacent to an activating group) is 1. The molecule has 2 rings (SSSR count). The summed E-state index contributed by atoms with van der Waals surface area (Å²) < 4.78 is 0. The molecule has 2 N–H and O–H groups in total. The number of nitrogens with zero attached hydrogens (tertiary/aromatic N) is 3. The van der Waals surface area contributed by atoms with Gasteiger partial charge in [-0.1, -0.05) is 19.3 Å². The van der Waals surface area contributed by atoms with E-state index in [0.717, 1.165) is 36.2 Å². The van der Waals surface area contributed by atoms with E-state index in [2.05, 4.69) is 27.5 Å². The molecule has 0 radical (unpaired) electrons. The number of hydrogen-bond acceptors (Lipinski definition) is 4. The fourth-order valence-corrected chi connectivity index (χ4v) is 3.96. The summed E-state index contributed by atoms with van der Waals surface area (Å²) in [6.07, 6.45) is 7.45. The van der Waals surface area contributed by atoms with Gasteiger partial charge in [0.25, 0.3) is 0 Å². The van der Waals surface area contributed by atoms with E-state index >= 15 is 0 Å². The Morgan fingerprint density at radius 1 is 1.22 bits per heavy atom. The van der Waals surface area contributed by atoms with Crippen molar-refractivity contribution in [3.05, 3.63) is 15.6 Å². The van der Waals surface area contributed by atoms with Crippen molar-refractivity contribution in [2.45, 2.75) is 52.4 Å². The van der Waals surface area contributed by atoms with Gasteiger partial charge in [0.15, 0.2) is 5.96 Å². The van der Waals surface area contributed by atoms with Gasteiger partial charge in [-0.2, -0.15) is 0 Å². The van der Waals surface area contributed by atoms with Gasteiger partial charge in [0.05, 0.1) is 10.7 Å². The summed E-state index contributed by atoms with van der Waals surface area (Å²) in [5.74, 6) is 1.45. The Kier molecular flexibility index (Phi) is 11.2. The number of hydrogen-bond donors (Lipinski definition) is 2. The van der Waals surface area contributed by atoms with Crippen LogP contribution in [0.5, 0.6) is 0 Å². The number of nitrogens with one attached hydrogen (secondary N) is 2. The lowest BCUT2D eigenvalue weighted by Crippen LogP contribution is -2.41. The van der Waals surface area contributed by atoms with Crippen molar-refractivity contribution in [1.82, 2.24) is 20.5 Å². The van der Waals surface area contributed by atoms with Crippen LogP contribution in [0.4, 0.5) is 0 Å². The van der Waals surface area contributed by atoms with Crippen molar-refractivity contribution < 1.29 is 4.79 Å². The smallest absolute Gasteiger partial charge is 0.243 e. The fourth-order valence-electron chi connectivity index (χ4n) is 3.03. The van der Waals surface area contributed by atoms with Crippen molar-refractivity contribution in [2.24, 2.45) is 10.9 Å². The summed E-state index contributed by atoms with van der Waals surface area (Å²) in [5, 5.41) is 7.95. The minimum absolute atomic E-state index is 0. The van der Waals surface area contributed by atoms with Gasteiger partial charge >= 0.3 is 0 Å². The molecule has 1 saturated carbocycles. The highest BCUT2D eigenvalue weighted by Gasteiger charge is 2.14. The maximum Gasteiger partial charge on any atom is 0.243 e. The molecule has 1 aliphatic rings. The van der Waals surface area contributed by atoms with Gasteiger partial charge in [0, 0.05) is 38.5 Å². The monoisotopic (exact) mass is 507 g/mol. The van der Waals surface area contributed by atoms with Gasteiger partial charge in [0.1, 0.15) is 6.54 Å². The van der Waals surface area contributed by atoms with Gasteiger partial charge in [-0.15, -0.1) is 35.3 Å². The lowest BCUT2D eigenvalue weighted by molar-refractivity contribution is -0.127. The first kappa shape index (κ1) is 24.1. The SMILES string of the molecule is Cc1nc(CCNC(=NCC(=O)N(C)C)NCC2CCCCC2)sc1C.I. The predicted molar refractivity (Wildman–Crippen MR) is 124 cm³/mol. The molecule has 1 amide bonds. The van der Waals surface area contributed by atoms with Crippen LogP contribution in [-0.4, -0.2) is 55.5 Å². The zero-order valence-corrected chi connectivity index (χ0v) is 20.2. The third-order valence-corrected chi connectivity index (χ3v) is 5.99. The van der Waals surface area contributed by atoms with E-state index in [-0.39, 0.29) is 36.4 Å². The second-order valence-electron chi connectivity index (χ2n) is 7.26. The average Bonchev–Trinajstić information content (AvgIpc) is 2.95. The highest BCUT2D eigenvalue weighted by atomic mass is 127. The quantitative estimate of drug-likeness (QED) is 0.338. The molecular weight excluding hydrogens is 473 g/mol. The standard InChI is InChI=1S/C19H33N5OS.HI/c1-14-15(2)26-17(23-14)10-11-20-19(22-13-18(25)24(3)4)21-12-16-8-6-5-7-9-16;/h16H,5-13H2,1-4H3,(H2,20,21,22);1H. The second kappa shape index (κ2) is 12.5. The zero-order chi connectivity index (χ0) is 18.9. The van der Waals surface area contributed by atoms with Gasteiger partial charge in [-0.25, -0.2) is 9.98 Å². The molecule has 0 bridgehead atoms. The van der Waals surface area contributed by atoms with Crippen LogP contribution in [0, 0.1) is 19.8 Å². The molecule has 154 valence electrons. The second-order valence-corrected chi connectivity index (χ2v) is 8.55. The molecule has 0 unspecified atom stereocenters. The van der Waals surface area contributed by atoms with Crippen molar-refractivity contribution in [3.8, 4) is 0 Å². The Balaban J connectivity index is 0.00000364. The van der Waals surface area contributed by atoms with Gasteiger partial charge in [-0.05, 0) is 32.6 Å². The maximum atomic E-state index is 11.8. The normalized spacial score (nSPS) is 15.2. The van der Waals surface area contributed by atoms with Crippen LogP contribution in [0.3, 0.4) is 0 Å². The topological polar surface area (TPSA) is 69.6 Å². The summed E-state index contributed by atoms with van der Waals surface area (Å²) in [5.41, 5.74) is 1.12. The number of rotatable bonds is 7. The summed E-state index contributed by atoms with van der Waals surface area (Å²) in [4.78, 5) is 23.7. The van der Waals surface area contributed by atoms with E-state index in [4.69, 9.17) is 0 Å². The van der Waals surface area contributed by atoms with Crippen molar-refractivity contribution in [3.63, 3.8) is 0 Å². The zero-order valence-electron chi connectivity index (χ0n) is 17.0. The molecule has 1 heterocycles. The lowest BCUT2D eigenvalue weighted by atomic mass is 9.89. The van der Waals surface area contributed by atoms with Crippen molar-refractivity contribution >= 4 is 47.2 Å². The molecule has 0 aliphatic heterocycles. The van der Waals surface area contributed by atoms with Crippen molar-refractivity contribution in [1.29, 1.82) is 0 Å². The summed E-state index contributed by atoms with van der Waals surface area (Å²) in [6, 6.07) is 0. The van der Waals surface area contributed by atoms with Crippen LogP contribution < -0.4 is 10.6 Å². The highest BCUT2D eigenvalue weighted by Crippen LogP contribution is 2.22. The van der Waals surface area contributed by atoms with Gasteiger partial charge in [-0.3, -0.25) is 4.79 Å². The Morgan fingerprint density at radius 3 is 2.52 bits per heavy atom. The molecule has 1 aromatic heterocycles. The van der Waals surface area contributed by atoms with E-state index < -0.39 is 0 Å². The number of aromatic nitrogens is 1. The van der Waals surface area contributed by atoms with Crippen LogP contribution in [0.1, 0.15) is 47.7 Å². The first-order valence-electron chi connectivity index (χ1n) is 9.61. The molecule has 8 heteroatoms. The average molecular weight is 507 g/mol. The number of aryl methyl sites for hydroxylation is 2. The number of guanidine groups is 1. The molecule has 1 aliphatic carbocycles. The minimum Gasteiger partial charge on any atom is -0.356 e. The number of amides is 1. The number of aliphatic imine (C=N–C) groups is 1. The van der Waals surface area contributed by atoms with Crippen LogP contribution >= 0.6 is 35.3 Å². The Labute approximate surface area is 184 Å². The molecule has 0 aromatic carbocycles. The predicted octanol–water partition coefficient (Wildman–Crippen LogP) is 3.12. The Hall–Kier alpha value is -0.900. The first-order valence-corrected chi connectivity index (χ1v) is 10.4. The van der Waals surface area contributed by atoms with E-state index in [1.807, 2.05) is 6.92 Å². The molecule has 0 saturated heterocycles. The molecule has 0 atom stereocenters. The van der Waals surface area contributed by atoms with E-state index in [1.165, 1.54) is 37.0 Å². The minimum atomic E-state index is 0. The largest absolute Gasteiger partial charge is 0.356 e. The number of carbonyl (C=O) groups excluding carboxylic acids is 1. The number of halogens is 1. The Bertz CT molecular complexity index is 592. The highest BCUT2D eigenvalue weighted by molar-refractivity contribution is 14.0. The summed E-state index contributed by atoms with van der Waals surface area (Å²) in [6.45, 7) is 6.02. The molecular formula is C19H34IN5OS. The number of thiazole rings is 1. The molecule has 27 heavy (non-hydrogen) atoms. The van der Waals surface area contributed by atoms with Gasteiger partial charge in [0.2, 0.25) is 5.91 Å². The molecule has 6 nitrogen and oxygen atoms in total. The van der Waals surface area contributed by atoms with E-state index in [0.29, 0.717) is 5.92 Å². The maximum absolute atomic E-state index is 11.8. The van der Waals surface area contributed by atoms with Crippen LogP contribution in [-0.2, 0) is 11.2 Å². The number of carbonyl (C=O) groups is 1. The third kappa shape index (κ3) is 8.76. The Morgan fingerprint density at radius 2 is 1.93 bits per heavy atom.